The molecule has 82 valence electrons. The predicted molar refractivity (Wildman–Crippen MR) is 58.4 cm³/mol. The van der Waals surface area contributed by atoms with Crippen LogP contribution in [0.1, 0.15) is 36.2 Å². The molecule has 0 bridgehead atoms. The van der Waals surface area contributed by atoms with Gasteiger partial charge in [0.1, 0.15) is 5.69 Å². The average molecular weight is 273 g/mol. The van der Waals surface area contributed by atoms with Gasteiger partial charge in [0.25, 0.3) is 0 Å². The third kappa shape index (κ3) is 1.72. The van der Waals surface area contributed by atoms with E-state index in [-0.39, 0.29) is 5.78 Å². The number of aromatic nitrogens is 3. The molecule has 2 rings (SSSR count). The van der Waals surface area contributed by atoms with Gasteiger partial charge < -0.3 is 5.73 Å². The lowest BCUT2D eigenvalue weighted by Crippen LogP contribution is -2.46. The number of nitrogens with two attached hydrogens (primary N) is 1. The minimum atomic E-state index is -0.710. The number of carbonyl (C=O) groups is 1. The number of halogens is 1. The number of aryl methyl sites for hydroxylation is 1. The highest BCUT2D eigenvalue weighted by Gasteiger charge is 2.40. The fraction of sp³-hybridized carbons (Fsp3) is 0.667. The van der Waals surface area contributed by atoms with Gasteiger partial charge in [-0.25, -0.2) is 4.68 Å². The number of hydrogen-bond donors (Lipinski definition) is 1. The van der Waals surface area contributed by atoms with Crippen molar-refractivity contribution >= 4 is 21.7 Å². The standard InChI is InChI=1S/C9H13BrN4O/c1-14-6(8(10)12-13-14)7(15)9(11)4-2-3-5-9/h2-5,11H2,1H3. The molecule has 0 aromatic carbocycles. The van der Waals surface area contributed by atoms with Gasteiger partial charge in [0, 0.05) is 7.05 Å². The minimum Gasteiger partial charge on any atom is -0.319 e. The molecule has 1 aliphatic rings. The molecule has 1 aliphatic carbocycles. The normalized spacial score (nSPS) is 19.4. The van der Waals surface area contributed by atoms with Gasteiger partial charge in [-0.05, 0) is 28.8 Å². The zero-order chi connectivity index (χ0) is 11.1. The number of rotatable bonds is 2. The number of carbonyl (C=O) groups excluding carboxylic acids is 1. The van der Waals surface area contributed by atoms with Crippen molar-refractivity contribution in [3.05, 3.63) is 10.3 Å². The molecule has 2 N–H and O–H groups in total. The first-order valence-corrected chi connectivity index (χ1v) is 5.73. The third-order valence-corrected chi connectivity index (χ3v) is 3.48. The molecule has 0 unspecified atom stereocenters. The number of ketones is 1. The molecule has 1 fully saturated rings. The fourth-order valence-corrected chi connectivity index (χ4v) is 2.55. The van der Waals surface area contributed by atoms with E-state index >= 15 is 0 Å². The second kappa shape index (κ2) is 3.68. The predicted octanol–water partition coefficient (Wildman–Crippen LogP) is 1.03. The third-order valence-electron chi connectivity index (χ3n) is 2.95. The lowest BCUT2D eigenvalue weighted by atomic mass is 9.91. The van der Waals surface area contributed by atoms with Gasteiger partial charge in [-0.3, -0.25) is 4.79 Å². The van der Waals surface area contributed by atoms with E-state index in [9.17, 15) is 4.79 Å². The first-order chi connectivity index (χ1) is 7.04. The van der Waals surface area contributed by atoms with E-state index in [0.717, 1.165) is 25.7 Å². The molecule has 1 aromatic heterocycles. The Hall–Kier alpha value is -0.750. The van der Waals surface area contributed by atoms with Gasteiger partial charge in [-0.2, -0.15) is 0 Å². The maximum atomic E-state index is 12.2. The van der Waals surface area contributed by atoms with E-state index in [0.29, 0.717) is 10.3 Å². The highest BCUT2D eigenvalue weighted by molar-refractivity contribution is 9.10. The van der Waals surface area contributed by atoms with E-state index in [4.69, 9.17) is 5.73 Å². The number of nitrogens with zero attached hydrogens (tertiary/aromatic N) is 3. The van der Waals surface area contributed by atoms with Crippen LogP contribution >= 0.6 is 15.9 Å². The summed E-state index contributed by atoms with van der Waals surface area (Å²) in [7, 11) is 1.70. The van der Waals surface area contributed by atoms with Crippen molar-refractivity contribution in [2.45, 2.75) is 31.2 Å². The summed E-state index contributed by atoms with van der Waals surface area (Å²) in [5, 5.41) is 7.58. The van der Waals surface area contributed by atoms with Crippen molar-refractivity contribution < 1.29 is 4.79 Å². The summed E-state index contributed by atoms with van der Waals surface area (Å²) in [6.07, 6.45) is 3.54. The molecule has 0 amide bonds. The van der Waals surface area contributed by atoms with E-state index in [1.54, 1.807) is 7.05 Å². The summed E-state index contributed by atoms with van der Waals surface area (Å²) in [4.78, 5) is 12.2. The molecule has 0 aliphatic heterocycles. The average Bonchev–Trinajstić information content (AvgIpc) is 2.75. The summed E-state index contributed by atoms with van der Waals surface area (Å²) >= 11 is 3.22. The summed E-state index contributed by atoms with van der Waals surface area (Å²) in [6.45, 7) is 0. The topological polar surface area (TPSA) is 73.8 Å². The highest BCUT2D eigenvalue weighted by Crippen LogP contribution is 2.31. The Kier molecular flexibility index (Phi) is 2.64. The maximum Gasteiger partial charge on any atom is 0.203 e. The van der Waals surface area contributed by atoms with Gasteiger partial charge in [0.05, 0.1) is 5.54 Å². The van der Waals surface area contributed by atoms with Crippen LogP contribution in [0, 0.1) is 0 Å². The Morgan fingerprint density at radius 3 is 2.60 bits per heavy atom. The highest BCUT2D eigenvalue weighted by atomic mass is 79.9. The van der Waals surface area contributed by atoms with E-state index in [1.807, 2.05) is 0 Å². The summed E-state index contributed by atoms with van der Waals surface area (Å²) in [5.74, 6) is -0.0561. The van der Waals surface area contributed by atoms with Crippen LogP contribution in [0.25, 0.3) is 0 Å². The van der Waals surface area contributed by atoms with Crippen molar-refractivity contribution in [3.63, 3.8) is 0 Å². The zero-order valence-electron chi connectivity index (χ0n) is 8.53. The second-order valence-corrected chi connectivity index (χ2v) is 4.80. The Labute approximate surface area is 96.1 Å². The fourth-order valence-electron chi connectivity index (χ4n) is 2.04. The SMILES string of the molecule is Cn1nnc(Br)c1C(=O)C1(N)CCCC1. The van der Waals surface area contributed by atoms with Crippen LogP contribution in [-0.4, -0.2) is 26.3 Å². The van der Waals surface area contributed by atoms with Crippen LogP contribution in [-0.2, 0) is 7.05 Å². The van der Waals surface area contributed by atoms with Gasteiger partial charge in [0.2, 0.25) is 5.78 Å². The van der Waals surface area contributed by atoms with E-state index in [2.05, 4.69) is 26.2 Å². The quantitative estimate of drug-likeness (QED) is 0.817. The van der Waals surface area contributed by atoms with E-state index in [1.165, 1.54) is 4.68 Å². The molecule has 0 atom stereocenters. The second-order valence-electron chi connectivity index (χ2n) is 4.04. The lowest BCUT2D eigenvalue weighted by molar-refractivity contribution is 0.0881. The van der Waals surface area contributed by atoms with Crippen molar-refractivity contribution in [2.75, 3.05) is 0 Å². The Morgan fingerprint density at radius 2 is 2.13 bits per heavy atom. The van der Waals surface area contributed by atoms with Crippen molar-refractivity contribution in [1.29, 1.82) is 0 Å². The molecule has 5 nitrogen and oxygen atoms in total. The molecule has 15 heavy (non-hydrogen) atoms. The largest absolute Gasteiger partial charge is 0.319 e. The summed E-state index contributed by atoms with van der Waals surface area (Å²) < 4.78 is 1.95. The molecule has 0 saturated heterocycles. The van der Waals surface area contributed by atoms with Crippen molar-refractivity contribution in [3.8, 4) is 0 Å². The molecular formula is C9H13BrN4O. The van der Waals surface area contributed by atoms with Crippen LogP contribution in [0.2, 0.25) is 0 Å². The Balaban J connectivity index is 2.35. The van der Waals surface area contributed by atoms with Crippen LogP contribution < -0.4 is 5.73 Å². The van der Waals surface area contributed by atoms with Gasteiger partial charge >= 0.3 is 0 Å². The molecule has 6 heteroatoms. The number of Topliss-reactive ketones (excluding diaryl/α,β-unsaturated/α-hetero) is 1. The Bertz CT molecular complexity index is 375. The smallest absolute Gasteiger partial charge is 0.203 e. The summed E-state index contributed by atoms with van der Waals surface area (Å²) in [6, 6.07) is 0. The summed E-state index contributed by atoms with van der Waals surface area (Å²) in [5.41, 5.74) is 5.85. The first kappa shape index (κ1) is 10.8. The molecule has 0 radical (unpaired) electrons. The van der Waals surface area contributed by atoms with Crippen LogP contribution in [0.3, 0.4) is 0 Å². The van der Waals surface area contributed by atoms with Gasteiger partial charge in [-0.1, -0.05) is 18.1 Å². The van der Waals surface area contributed by atoms with Crippen LogP contribution in [0.5, 0.6) is 0 Å². The molecule has 1 aromatic rings. The van der Waals surface area contributed by atoms with Crippen LogP contribution in [0.15, 0.2) is 4.60 Å². The number of hydrogen-bond acceptors (Lipinski definition) is 4. The lowest BCUT2D eigenvalue weighted by Gasteiger charge is -2.21. The first-order valence-electron chi connectivity index (χ1n) is 4.93. The van der Waals surface area contributed by atoms with Crippen molar-refractivity contribution in [2.24, 2.45) is 12.8 Å². The maximum absolute atomic E-state index is 12.2. The molecule has 1 heterocycles. The molecule has 0 spiro atoms. The van der Waals surface area contributed by atoms with Gasteiger partial charge in [-0.15, -0.1) is 5.10 Å². The zero-order valence-corrected chi connectivity index (χ0v) is 10.1. The monoisotopic (exact) mass is 272 g/mol. The van der Waals surface area contributed by atoms with Gasteiger partial charge in [0.15, 0.2) is 4.60 Å². The minimum absolute atomic E-state index is 0.0561. The Morgan fingerprint density at radius 1 is 1.53 bits per heavy atom. The molecule has 1 saturated carbocycles. The van der Waals surface area contributed by atoms with Crippen LogP contribution in [0.4, 0.5) is 0 Å². The molecular weight excluding hydrogens is 260 g/mol. The van der Waals surface area contributed by atoms with E-state index < -0.39 is 5.54 Å². The van der Waals surface area contributed by atoms with Crippen molar-refractivity contribution in [1.82, 2.24) is 15.0 Å².